The Morgan fingerprint density at radius 1 is 1.17 bits per heavy atom. The van der Waals surface area contributed by atoms with Gasteiger partial charge in [-0.3, -0.25) is 4.79 Å². The molecule has 1 saturated heterocycles. The highest BCUT2D eigenvalue weighted by Gasteiger charge is 2.31. The molecule has 0 spiro atoms. The van der Waals surface area contributed by atoms with Crippen LogP contribution >= 0.6 is 0 Å². The minimum Gasteiger partial charge on any atom is -0.469 e. The van der Waals surface area contributed by atoms with E-state index >= 15 is 0 Å². The number of hydrogen-bond donors (Lipinski definition) is 0. The Hall–Kier alpha value is -2.17. The molecular formula is C18H21N3O2. The molecule has 0 radical (unpaired) electrons. The molecule has 0 amide bonds. The molecule has 23 heavy (non-hydrogen) atoms. The molecule has 1 atom stereocenters. The zero-order chi connectivity index (χ0) is 15.8. The van der Waals surface area contributed by atoms with Gasteiger partial charge in [0, 0.05) is 31.8 Å². The Bertz CT molecular complexity index is 718. The number of hydrogen-bond acceptors (Lipinski definition) is 5. The molecule has 1 fully saturated rings. The van der Waals surface area contributed by atoms with Crippen molar-refractivity contribution in [3.63, 3.8) is 0 Å². The Morgan fingerprint density at radius 3 is 2.74 bits per heavy atom. The Labute approximate surface area is 135 Å². The second-order valence-corrected chi connectivity index (χ2v) is 6.52. The minimum absolute atomic E-state index is 0.0912. The first-order valence-electron chi connectivity index (χ1n) is 8.41. The quantitative estimate of drug-likeness (QED) is 0.852. The third-order valence-corrected chi connectivity index (χ3v) is 4.89. The van der Waals surface area contributed by atoms with Crippen LogP contribution in [-0.4, -0.2) is 28.8 Å². The van der Waals surface area contributed by atoms with Crippen LogP contribution in [0.15, 0.2) is 22.8 Å². The molecule has 0 bridgehead atoms. The number of carbonyl (C=O) groups excluding carboxylic acids is 1. The summed E-state index contributed by atoms with van der Waals surface area (Å²) in [6, 6.07) is 3.82. The number of fused-ring (bicyclic) bond motifs is 1. The van der Waals surface area contributed by atoms with Crippen molar-refractivity contribution in [2.75, 3.05) is 18.0 Å². The number of ketones is 1. The largest absolute Gasteiger partial charge is 0.469 e. The third-order valence-electron chi connectivity index (χ3n) is 4.89. The number of nitrogens with zero attached hydrogens (tertiary/aromatic N) is 3. The molecule has 1 aliphatic carbocycles. The van der Waals surface area contributed by atoms with Crippen molar-refractivity contribution in [1.29, 1.82) is 0 Å². The lowest BCUT2D eigenvalue weighted by atomic mass is 9.84. The summed E-state index contributed by atoms with van der Waals surface area (Å²) in [6.45, 7) is 3.95. The Balaban J connectivity index is 1.69. The monoisotopic (exact) mass is 311 g/mol. The van der Waals surface area contributed by atoms with Crippen LogP contribution in [0.3, 0.4) is 0 Å². The summed E-state index contributed by atoms with van der Waals surface area (Å²) < 4.78 is 5.51. The molecule has 1 aliphatic heterocycles. The molecule has 0 N–H and O–H groups in total. The number of aromatic nitrogens is 2. The van der Waals surface area contributed by atoms with Crippen molar-refractivity contribution < 1.29 is 9.21 Å². The molecule has 0 saturated carbocycles. The van der Waals surface area contributed by atoms with Crippen molar-refractivity contribution in [2.24, 2.45) is 0 Å². The topological polar surface area (TPSA) is 59.2 Å². The molecule has 0 aromatic carbocycles. The lowest BCUT2D eigenvalue weighted by Gasteiger charge is -2.29. The molecule has 4 rings (SSSR count). The average Bonchev–Trinajstić information content (AvgIpc) is 3.09. The van der Waals surface area contributed by atoms with E-state index in [1.54, 1.807) is 6.26 Å². The van der Waals surface area contributed by atoms with Crippen LogP contribution in [0.2, 0.25) is 0 Å². The molecule has 3 heterocycles. The number of anilines is 1. The van der Waals surface area contributed by atoms with Gasteiger partial charge in [-0.2, -0.15) is 0 Å². The SMILES string of the molecule is Cc1nc(N2CCCCC2)nc2c1C(=O)C[C@H](c1ccco1)C2. The number of Topliss-reactive ketones (excluding diaryl/α,β-unsaturated/α-hetero) is 1. The zero-order valence-corrected chi connectivity index (χ0v) is 13.4. The molecule has 120 valence electrons. The van der Waals surface area contributed by atoms with E-state index in [9.17, 15) is 4.79 Å². The smallest absolute Gasteiger partial charge is 0.225 e. The highest BCUT2D eigenvalue weighted by Crippen LogP contribution is 2.34. The van der Waals surface area contributed by atoms with E-state index < -0.39 is 0 Å². The first kappa shape index (κ1) is 14.4. The number of furan rings is 1. The summed E-state index contributed by atoms with van der Waals surface area (Å²) in [5.74, 6) is 1.89. The number of aryl methyl sites for hydroxylation is 1. The highest BCUT2D eigenvalue weighted by molar-refractivity contribution is 5.99. The fourth-order valence-corrected chi connectivity index (χ4v) is 3.72. The van der Waals surface area contributed by atoms with Crippen LogP contribution in [0.25, 0.3) is 0 Å². The molecule has 2 aromatic heterocycles. The van der Waals surface area contributed by atoms with Gasteiger partial charge >= 0.3 is 0 Å². The van der Waals surface area contributed by atoms with Gasteiger partial charge in [0.2, 0.25) is 5.95 Å². The van der Waals surface area contributed by atoms with E-state index in [0.717, 1.165) is 48.2 Å². The summed E-state index contributed by atoms with van der Waals surface area (Å²) in [5.41, 5.74) is 2.43. The van der Waals surface area contributed by atoms with E-state index in [1.165, 1.54) is 19.3 Å². The zero-order valence-electron chi connectivity index (χ0n) is 13.4. The highest BCUT2D eigenvalue weighted by atomic mass is 16.3. The van der Waals surface area contributed by atoms with Crippen LogP contribution in [0.5, 0.6) is 0 Å². The molecular weight excluding hydrogens is 290 g/mol. The number of piperidine rings is 1. The number of rotatable bonds is 2. The van der Waals surface area contributed by atoms with Crippen molar-refractivity contribution in [2.45, 2.75) is 44.9 Å². The van der Waals surface area contributed by atoms with Gasteiger partial charge in [0.25, 0.3) is 0 Å². The Morgan fingerprint density at radius 2 is 2.00 bits per heavy atom. The maximum Gasteiger partial charge on any atom is 0.225 e. The van der Waals surface area contributed by atoms with Crippen LogP contribution < -0.4 is 4.90 Å². The van der Waals surface area contributed by atoms with Crippen LogP contribution in [0.1, 0.15) is 59.1 Å². The summed E-state index contributed by atoms with van der Waals surface area (Å²) in [5, 5.41) is 0. The molecule has 0 unspecified atom stereocenters. The van der Waals surface area contributed by atoms with Gasteiger partial charge in [0.15, 0.2) is 5.78 Å². The molecule has 5 nitrogen and oxygen atoms in total. The molecule has 2 aromatic rings. The lowest BCUT2D eigenvalue weighted by molar-refractivity contribution is 0.0958. The van der Waals surface area contributed by atoms with E-state index in [-0.39, 0.29) is 11.7 Å². The van der Waals surface area contributed by atoms with Gasteiger partial charge in [0.05, 0.1) is 23.2 Å². The van der Waals surface area contributed by atoms with Crippen LogP contribution in [-0.2, 0) is 6.42 Å². The maximum atomic E-state index is 12.6. The normalized spacial score (nSPS) is 21.3. The van der Waals surface area contributed by atoms with E-state index in [0.29, 0.717) is 6.42 Å². The number of carbonyl (C=O) groups is 1. The van der Waals surface area contributed by atoms with Gasteiger partial charge in [-0.25, -0.2) is 9.97 Å². The van der Waals surface area contributed by atoms with Gasteiger partial charge in [-0.05, 0) is 38.3 Å². The van der Waals surface area contributed by atoms with Gasteiger partial charge < -0.3 is 9.32 Å². The predicted molar refractivity (Wildman–Crippen MR) is 86.9 cm³/mol. The second-order valence-electron chi connectivity index (χ2n) is 6.52. The maximum absolute atomic E-state index is 12.6. The van der Waals surface area contributed by atoms with Crippen LogP contribution in [0, 0.1) is 6.92 Å². The molecule has 2 aliphatic rings. The van der Waals surface area contributed by atoms with Crippen LogP contribution in [0.4, 0.5) is 5.95 Å². The van der Waals surface area contributed by atoms with E-state index in [1.807, 2.05) is 19.1 Å². The van der Waals surface area contributed by atoms with Crippen molar-refractivity contribution in [3.8, 4) is 0 Å². The summed E-state index contributed by atoms with van der Waals surface area (Å²) in [4.78, 5) is 24.2. The fraction of sp³-hybridized carbons (Fsp3) is 0.500. The Kier molecular flexibility index (Phi) is 3.63. The summed E-state index contributed by atoms with van der Waals surface area (Å²) in [7, 11) is 0. The fourth-order valence-electron chi connectivity index (χ4n) is 3.72. The first-order chi connectivity index (χ1) is 11.2. The minimum atomic E-state index is 0.0912. The van der Waals surface area contributed by atoms with Crippen molar-refractivity contribution >= 4 is 11.7 Å². The standard InChI is InChI=1S/C18H21N3O2/c1-12-17-14(20-18(19-12)21-7-3-2-4-8-21)10-13(11-15(17)22)16-6-5-9-23-16/h5-6,9,13H,2-4,7-8,10-11H2,1H3/t13-/m1/s1. The van der Waals surface area contributed by atoms with E-state index in [2.05, 4.69) is 9.88 Å². The van der Waals surface area contributed by atoms with Gasteiger partial charge in [0.1, 0.15) is 5.76 Å². The van der Waals surface area contributed by atoms with Crippen molar-refractivity contribution in [1.82, 2.24) is 9.97 Å². The van der Waals surface area contributed by atoms with E-state index in [4.69, 9.17) is 9.40 Å². The second kappa shape index (κ2) is 5.80. The van der Waals surface area contributed by atoms with Gasteiger partial charge in [-0.1, -0.05) is 0 Å². The lowest BCUT2D eigenvalue weighted by Crippen LogP contribution is -2.32. The first-order valence-corrected chi connectivity index (χ1v) is 8.41. The summed E-state index contributed by atoms with van der Waals surface area (Å²) in [6.07, 6.45) is 6.55. The average molecular weight is 311 g/mol. The third kappa shape index (κ3) is 2.64. The molecule has 5 heteroatoms. The van der Waals surface area contributed by atoms with Gasteiger partial charge in [-0.15, -0.1) is 0 Å². The predicted octanol–water partition coefficient (Wildman–Crippen LogP) is 3.28. The van der Waals surface area contributed by atoms with Crippen molar-refractivity contribution in [3.05, 3.63) is 41.1 Å². The summed E-state index contributed by atoms with van der Waals surface area (Å²) >= 11 is 0.